The van der Waals surface area contributed by atoms with Gasteiger partial charge in [-0.3, -0.25) is 22.4 Å². The number of esters is 2. The van der Waals surface area contributed by atoms with E-state index in [1.807, 2.05) is 0 Å². The summed E-state index contributed by atoms with van der Waals surface area (Å²) in [7, 11) is 0. The van der Waals surface area contributed by atoms with Gasteiger partial charge in [0.15, 0.2) is 0 Å². The number of aliphatic hydroxyl groups is 2. The van der Waals surface area contributed by atoms with Crippen LogP contribution in [0.15, 0.2) is 36.5 Å². The molecule has 1 rings (SSSR count). The molecule has 1 aliphatic rings. The van der Waals surface area contributed by atoms with Crippen molar-refractivity contribution in [1.29, 1.82) is 0 Å². The molecule has 2 unspecified atom stereocenters. The molecule has 0 aromatic carbocycles. The van der Waals surface area contributed by atoms with Crippen molar-refractivity contribution in [2.75, 3.05) is 26.4 Å². The summed E-state index contributed by atoms with van der Waals surface area (Å²) in [5, 5.41) is 33.8. The van der Waals surface area contributed by atoms with Gasteiger partial charge in [0.2, 0.25) is 0 Å². The molecule has 0 saturated heterocycles. The van der Waals surface area contributed by atoms with Gasteiger partial charge in [-0.1, -0.05) is 0 Å². The fourth-order valence-corrected chi connectivity index (χ4v) is 1.83. The second-order valence-electron chi connectivity index (χ2n) is 5.71. The smallest absolute Gasteiger partial charge is 0.331 e. The van der Waals surface area contributed by atoms with E-state index in [4.69, 9.17) is 38.3 Å². The van der Waals surface area contributed by atoms with Crippen molar-refractivity contribution in [3.63, 3.8) is 0 Å². The minimum atomic E-state index is -1.20. The summed E-state index contributed by atoms with van der Waals surface area (Å²) in [6.07, 6.45) is 11.0. The standard InChI is InChI=1S/C11H14O5.C7H10O5.C4H4.2Y/c12-6-3-7-16-11(15)9-5-2-1-4-8(9)10(13)14;8-4-1-5-12-7(11)3-2-6(9)10;1-3-4-2;;/h1-2,4-5,8-9,12H,3,6-7H2,(H,13,14);2-3,8H,1,4-5H2,(H,9,10);1-4H;;/q-2;;-2;;/b;3-2+;;;. The fourth-order valence-electron chi connectivity index (χ4n) is 1.83. The first-order valence-electron chi connectivity index (χ1n) is 9.37. The third kappa shape index (κ3) is 23.9. The molecule has 1 aliphatic carbocycles. The zero-order valence-corrected chi connectivity index (χ0v) is 24.2. The number of carbonyl (C=O) groups excluding carboxylic acids is 2. The van der Waals surface area contributed by atoms with Crippen LogP contribution in [0.5, 0.6) is 0 Å². The predicted octanol–water partition coefficient (Wildman–Crippen LogP) is 0.720. The van der Waals surface area contributed by atoms with Crippen molar-refractivity contribution in [1.82, 2.24) is 0 Å². The summed E-state index contributed by atoms with van der Waals surface area (Å²) in [4.78, 5) is 42.9. The number of carboxylic acids is 2. The van der Waals surface area contributed by atoms with Crippen LogP contribution in [0.2, 0.25) is 0 Å². The molecule has 0 heterocycles. The number of allylic oxidation sites excluding steroid dienone is 4. The third-order valence-corrected chi connectivity index (χ3v) is 3.26. The Morgan fingerprint density at radius 1 is 0.824 bits per heavy atom. The second-order valence-corrected chi connectivity index (χ2v) is 5.71. The zero-order valence-electron chi connectivity index (χ0n) is 18.6. The Kier molecular flexibility index (Phi) is 32.8. The topological polar surface area (TPSA) is 168 Å². The molecule has 10 nitrogen and oxygen atoms in total. The molecule has 0 bridgehead atoms. The van der Waals surface area contributed by atoms with Gasteiger partial charge in [0, 0.05) is 104 Å². The van der Waals surface area contributed by atoms with Crippen molar-refractivity contribution in [3.8, 4) is 0 Å². The Morgan fingerprint density at radius 3 is 1.71 bits per heavy atom. The minimum absolute atomic E-state index is 0. The van der Waals surface area contributed by atoms with Gasteiger partial charge in [0.25, 0.3) is 11.9 Å². The number of ether oxygens (including phenoxy) is 2. The first-order valence-corrected chi connectivity index (χ1v) is 9.37. The van der Waals surface area contributed by atoms with Gasteiger partial charge in [0.05, 0.1) is 13.2 Å². The molecule has 0 aliphatic heterocycles. The SMILES string of the molecule is O=C(O)/C=C/C(=O)OCCCO.O=C(O)C1[CH-]C=C[CH-]C1C(=O)OCCCO.[CH-]=CC=[CH-].[Y].[Y]. The van der Waals surface area contributed by atoms with E-state index in [1.165, 1.54) is 25.0 Å². The van der Waals surface area contributed by atoms with Gasteiger partial charge in [-0.25, -0.2) is 9.59 Å². The Bertz CT molecular complexity index is 656. The van der Waals surface area contributed by atoms with E-state index in [1.54, 1.807) is 12.2 Å². The zero-order chi connectivity index (χ0) is 24.8. The number of hydrogen-bond donors (Lipinski definition) is 4. The molecular formula is C22H28O10Y2-4. The summed E-state index contributed by atoms with van der Waals surface area (Å²) < 4.78 is 9.34. The van der Waals surface area contributed by atoms with Crippen LogP contribution in [0.4, 0.5) is 0 Å². The van der Waals surface area contributed by atoms with Crippen LogP contribution in [0.1, 0.15) is 12.8 Å². The van der Waals surface area contributed by atoms with Crippen LogP contribution in [-0.2, 0) is 94.1 Å². The molecule has 0 fully saturated rings. The number of carbonyl (C=O) groups is 4. The monoisotopic (exact) mass is 630 g/mol. The Hall–Kier alpha value is -1.29. The van der Waals surface area contributed by atoms with Gasteiger partial charge in [-0.15, -0.1) is 0 Å². The molecule has 0 amide bonds. The maximum atomic E-state index is 11.5. The summed E-state index contributed by atoms with van der Waals surface area (Å²) in [5.41, 5.74) is 0. The maximum absolute atomic E-state index is 11.5. The van der Waals surface area contributed by atoms with Gasteiger partial charge in [-0.05, 0) is 11.8 Å². The van der Waals surface area contributed by atoms with E-state index >= 15 is 0 Å². The Labute approximate surface area is 249 Å². The van der Waals surface area contributed by atoms with Crippen LogP contribution in [-0.4, -0.2) is 70.7 Å². The quantitative estimate of drug-likeness (QED) is 0.0840. The maximum Gasteiger partial charge on any atom is 0.331 e. The van der Waals surface area contributed by atoms with Gasteiger partial charge in [-0.2, -0.15) is 0 Å². The van der Waals surface area contributed by atoms with Crippen molar-refractivity contribution in [2.45, 2.75) is 12.8 Å². The normalized spacial score (nSPS) is 15.0. The molecule has 186 valence electrons. The number of rotatable bonds is 11. The molecule has 0 aromatic heterocycles. The molecule has 2 radical (unpaired) electrons. The molecule has 34 heavy (non-hydrogen) atoms. The average Bonchev–Trinajstić information content (AvgIpc) is 2.78. The molecule has 0 spiro atoms. The van der Waals surface area contributed by atoms with Gasteiger partial charge < -0.3 is 67.4 Å². The molecule has 0 saturated carbocycles. The number of aliphatic carboxylic acids is 2. The first-order chi connectivity index (χ1) is 15.2. The van der Waals surface area contributed by atoms with Crippen LogP contribution in [0.25, 0.3) is 0 Å². The fraction of sp³-hybridized carbons (Fsp3) is 0.364. The molecule has 12 heteroatoms. The number of carboxylic acid groups (broad SMARTS) is 2. The summed E-state index contributed by atoms with van der Waals surface area (Å²) >= 11 is 0. The summed E-state index contributed by atoms with van der Waals surface area (Å²) in [6, 6.07) is 0. The largest absolute Gasteiger partial charge is 0.482 e. The third-order valence-electron chi connectivity index (χ3n) is 3.26. The predicted molar refractivity (Wildman–Crippen MR) is 112 cm³/mol. The van der Waals surface area contributed by atoms with Crippen molar-refractivity contribution >= 4 is 23.9 Å². The molecule has 4 N–H and O–H groups in total. The van der Waals surface area contributed by atoms with E-state index in [0.717, 1.165) is 6.08 Å². The van der Waals surface area contributed by atoms with Crippen LogP contribution in [0, 0.1) is 37.8 Å². The Morgan fingerprint density at radius 2 is 1.29 bits per heavy atom. The summed E-state index contributed by atoms with van der Waals surface area (Å²) in [6.45, 7) is 9.53. The number of hydrogen-bond acceptors (Lipinski definition) is 8. The first kappa shape index (κ1) is 39.9. The molecule has 2 atom stereocenters. The van der Waals surface area contributed by atoms with Crippen molar-refractivity contribution in [3.05, 3.63) is 62.5 Å². The van der Waals surface area contributed by atoms with E-state index in [2.05, 4.69) is 4.74 Å². The van der Waals surface area contributed by atoms with E-state index < -0.39 is 35.7 Å². The molecular weight excluding hydrogens is 602 g/mol. The Balaban J connectivity index is -0.000000223. The second kappa shape index (κ2) is 27.9. The van der Waals surface area contributed by atoms with Crippen molar-refractivity contribution < 1.29 is 114 Å². The van der Waals surface area contributed by atoms with Crippen LogP contribution < -0.4 is 0 Å². The van der Waals surface area contributed by atoms with Crippen LogP contribution >= 0.6 is 0 Å². The van der Waals surface area contributed by atoms with Gasteiger partial charge >= 0.3 is 11.9 Å². The van der Waals surface area contributed by atoms with Crippen molar-refractivity contribution in [2.24, 2.45) is 11.8 Å². The van der Waals surface area contributed by atoms with E-state index in [0.29, 0.717) is 18.9 Å². The number of aliphatic hydroxyl groups excluding tert-OH is 2. The average molecular weight is 630 g/mol. The van der Waals surface area contributed by atoms with Crippen LogP contribution in [0.3, 0.4) is 0 Å². The summed E-state index contributed by atoms with van der Waals surface area (Å²) in [5.74, 6) is -5.18. The van der Waals surface area contributed by atoms with E-state index in [-0.39, 0.29) is 91.8 Å². The van der Waals surface area contributed by atoms with E-state index in [9.17, 15) is 19.2 Å². The van der Waals surface area contributed by atoms with Gasteiger partial charge in [0.1, 0.15) is 0 Å². The molecule has 0 aromatic rings. The minimum Gasteiger partial charge on any atom is -0.482 e.